The summed E-state index contributed by atoms with van der Waals surface area (Å²) >= 11 is 0. The van der Waals surface area contributed by atoms with Crippen LogP contribution in [0.15, 0.2) is 0 Å². The Morgan fingerprint density at radius 1 is 1.12 bits per heavy atom. The van der Waals surface area contributed by atoms with Gasteiger partial charge in [0.1, 0.15) is 0 Å². The van der Waals surface area contributed by atoms with Crippen LogP contribution < -0.4 is 0 Å². The minimum atomic E-state index is -2.99. The number of halogens is 2. The van der Waals surface area contributed by atoms with Crippen molar-refractivity contribution in [2.24, 2.45) is 0 Å². The van der Waals surface area contributed by atoms with E-state index in [1.807, 2.05) is 0 Å². The van der Waals surface area contributed by atoms with E-state index in [1.54, 1.807) is 0 Å². The predicted octanol–water partition coefficient (Wildman–Crippen LogP) is 0.996. The van der Waals surface area contributed by atoms with Crippen LogP contribution in [0.25, 0.3) is 0 Å². The number of aliphatic carboxylic acids is 2. The van der Waals surface area contributed by atoms with Crippen LogP contribution in [0.3, 0.4) is 0 Å². The number of ether oxygens (including phenoxy) is 1. The number of carboxylic acids is 2. The third kappa shape index (κ3) is 56.1. The standard InChI is InChI=1S/C4H6F2O2.2C2H4O2/c1-2-8-4(7)3(5)6;2*1-2(3)4/h3H,2H2,1H3;2*1H3,(H,3,4). The number of alkyl halides is 2. The van der Waals surface area contributed by atoms with Crippen LogP contribution in [0, 0.1) is 0 Å². The van der Waals surface area contributed by atoms with Gasteiger partial charge in [-0.25, -0.2) is 4.79 Å². The van der Waals surface area contributed by atoms with Gasteiger partial charge >= 0.3 is 12.4 Å². The quantitative estimate of drug-likeness (QED) is 0.702. The molecule has 0 aliphatic heterocycles. The van der Waals surface area contributed by atoms with Crippen molar-refractivity contribution in [2.75, 3.05) is 6.61 Å². The number of rotatable bonds is 2. The molecule has 0 spiro atoms. The van der Waals surface area contributed by atoms with Gasteiger partial charge in [0.05, 0.1) is 6.61 Å². The molecule has 0 aliphatic carbocycles. The van der Waals surface area contributed by atoms with Gasteiger partial charge in [0.15, 0.2) is 0 Å². The fourth-order valence-corrected chi connectivity index (χ4v) is 0.205. The SMILES string of the molecule is CC(=O)O.CC(=O)O.CCOC(=O)C(F)F. The van der Waals surface area contributed by atoms with Crippen LogP contribution in [0.2, 0.25) is 0 Å². The van der Waals surface area contributed by atoms with Crippen LogP contribution in [0.4, 0.5) is 8.78 Å². The summed E-state index contributed by atoms with van der Waals surface area (Å²) in [6.07, 6.45) is -2.99. The molecule has 0 aromatic carbocycles. The smallest absolute Gasteiger partial charge is 0.373 e. The molecular formula is C8H14F2O6. The Labute approximate surface area is 90.8 Å². The van der Waals surface area contributed by atoms with Gasteiger partial charge in [-0.05, 0) is 6.92 Å². The molecule has 0 aromatic rings. The molecule has 96 valence electrons. The first-order chi connectivity index (χ1) is 7.14. The van der Waals surface area contributed by atoms with E-state index in [9.17, 15) is 13.6 Å². The predicted molar refractivity (Wildman–Crippen MR) is 49.3 cm³/mol. The zero-order chi connectivity index (χ0) is 13.7. The zero-order valence-corrected chi connectivity index (χ0v) is 9.07. The highest BCUT2D eigenvalue weighted by Crippen LogP contribution is 1.93. The fourth-order valence-electron chi connectivity index (χ4n) is 0.205. The Hall–Kier alpha value is -1.73. The first-order valence-electron chi connectivity index (χ1n) is 3.98. The Kier molecular flexibility index (Phi) is 16.4. The summed E-state index contributed by atoms with van der Waals surface area (Å²) in [5.41, 5.74) is 0. The molecule has 0 atom stereocenters. The molecule has 0 amide bonds. The monoisotopic (exact) mass is 244 g/mol. The Bertz CT molecular complexity index is 197. The fraction of sp³-hybridized carbons (Fsp3) is 0.625. The second kappa shape index (κ2) is 13.3. The lowest BCUT2D eigenvalue weighted by Crippen LogP contribution is -2.13. The molecule has 0 heterocycles. The average Bonchev–Trinajstić information content (AvgIpc) is 2.02. The molecule has 0 aromatic heterocycles. The van der Waals surface area contributed by atoms with E-state index in [0.717, 1.165) is 13.8 Å². The van der Waals surface area contributed by atoms with Crippen molar-refractivity contribution in [1.29, 1.82) is 0 Å². The summed E-state index contributed by atoms with van der Waals surface area (Å²) in [6, 6.07) is 0. The Morgan fingerprint density at radius 3 is 1.44 bits per heavy atom. The molecule has 2 N–H and O–H groups in total. The van der Waals surface area contributed by atoms with Crippen LogP contribution in [-0.4, -0.2) is 41.2 Å². The molecule has 16 heavy (non-hydrogen) atoms. The van der Waals surface area contributed by atoms with E-state index in [4.69, 9.17) is 19.8 Å². The van der Waals surface area contributed by atoms with Gasteiger partial charge in [0.2, 0.25) is 0 Å². The molecule has 0 bridgehead atoms. The number of hydrogen-bond donors (Lipinski definition) is 2. The van der Waals surface area contributed by atoms with E-state index in [1.165, 1.54) is 6.92 Å². The van der Waals surface area contributed by atoms with Crippen LogP contribution in [0.1, 0.15) is 20.8 Å². The normalized spacial score (nSPS) is 7.88. The van der Waals surface area contributed by atoms with Gasteiger partial charge in [0.25, 0.3) is 11.9 Å². The Balaban J connectivity index is -0.000000179. The van der Waals surface area contributed by atoms with Gasteiger partial charge in [0, 0.05) is 13.8 Å². The summed E-state index contributed by atoms with van der Waals surface area (Å²) in [5, 5.41) is 14.8. The van der Waals surface area contributed by atoms with E-state index in [2.05, 4.69) is 4.74 Å². The second-order valence-corrected chi connectivity index (χ2v) is 2.09. The van der Waals surface area contributed by atoms with Gasteiger partial charge in [-0.15, -0.1) is 0 Å². The summed E-state index contributed by atoms with van der Waals surface area (Å²) in [7, 11) is 0. The number of carboxylic acid groups (broad SMARTS) is 2. The lowest BCUT2D eigenvalue weighted by atomic mass is 10.7. The molecule has 0 rings (SSSR count). The van der Waals surface area contributed by atoms with E-state index >= 15 is 0 Å². The van der Waals surface area contributed by atoms with Crippen molar-refractivity contribution in [2.45, 2.75) is 27.2 Å². The third-order valence-electron chi connectivity index (χ3n) is 0.465. The maximum Gasteiger partial charge on any atom is 0.373 e. The number of carbonyl (C=O) groups is 3. The largest absolute Gasteiger partial charge is 0.481 e. The third-order valence-corrected chi connectivity index (χ3v) is 0.465. The summed E-state index contributed by atoms with van der Waals surface area (Å²) < 4.78 is 26.2. The summed E-state index contributed by atoms with van der Waals surface area (Å²) in [4.78, 5) is 27.8. The number of hydrogen-bond acceptors (Lipinski definition) is 4. The summed E-state index contributed by atoms with van der Waals surface area (Å²) in [6.45, 7) is 3.64. The van der Waals surface area contributed by atoms with E-state index in [0.29, 0.717) is 0 Å². The lowest BCUT2D eigenvalue weighted by molar-refractivity contribution is -0.155. The average molecular weight is 244 g/mol. The van der Waals surface area contributed by atoms with Crippen molar-refractivity contribution in [3.63, 3.8) is 0 Å². The highest BCUT2D eigenvalue weighted by atomic mass is 19.3. The first kappa shape index (κ1) is 19.8. The van der Waals surface area contributed by atoms with Gasteiger partial charge in [-0.3, -0.25) is 9.59 Å². The van der Waals surface area contributed by atoms with E-state index < -0.39 is 24.3 Å². The van der Waals surface area contributed by atoms with Gasteiger partial charge in [-0.2, -0.15) is 8.78 Å². The van der Waals surface area contributed by atoms with Crippen molar-refractivity contribution >= 4 is 17.9 Å². The van der Waals surface area contributed by atoms with Crippen molar-refractivity contribution < 1.29 is 38.1 Å². The molecule has 0 radical (unpaired) electrons. The summed E-state index contributed by atoms with van der Waals surface area (Å²) in [5.74, 6) is -3.12. The number of carbonyl (C=O) groups excluding carboxylic acids is 1. The van der Waals surface area contributed by atoms with Crippen molar-refractivity contribution in [3.05, 3.63) is 0 Å². The zero-order valence-electron chi connectivity index (χ0n) is 9.07. The van der Waals surface area contributed by atoms with Crippen molar-refractivity contribution in [3.8, 4) is 0 Å². The molecular weight excluding hydrogens is 230 g/mol. The Morgan fingerprint density at radius 2 is 1.38 bits per heavy atom. The van der Waals surface area contributed by atoms with Crippen LogP contribution in [-0.2, 0) is 19.1 Å². The van der Waals surface area contributed by atoms with Gasteiger partial charge < -0.3 is 14.9 Å². The molecule has 0 fully saturated rings. The molecule has 0 saturated carbocycles. The van der Waals surface area contributed by atoms with Crippen LogP contribution >= 0.6 is 0 Å². The topological polar surface area (TPSA) is 101 Å². The minimum absolute atomic E-state index is 0.00315. The second-order valence-electron chi connectivity index (χ2n) is 2.09. The van der Waals surface area contributed by atoms with E-state index in [-0.39, 0.29) is 6.61 Å². The lowest BCUT2D eigenvalue weighted by Gasteiger charge is -1.96. The first-order valence-corrected chi connectivity index (χ1v) is 3.98. The molecule has 0 saturated heterocycles. The van der Waals surface area contributed by atoms with Gasteiger partial charge in [-0.1, -0.05) is 0 Å². The molecule has 6 nitrogen and oxygen atoms in total. The van der Waals surface area contributed by atoms with Crippen LogP contribution in [0.5, 0.6) is 0 Å². The highest BCUT2D eigenvalue weighted by molar-refractivity contribution is 5.72. The minimum Gasteiger partial charge on any atom is -0.481 e. The molecule has 0 aliphatic rings. The molecule has 8 heteroatoms. The maximum atomic E-state index is 11.1. The number of esters is 1. The van der Waals surface area contributed by atoms with Crippen molar-refractivity contribution in [1.82, 2.24) is 0 Å². The maximum absolute atomic E-state index is 11.1. The molecule has 0 unspecified atom stereocenters. The highest BCUT2D eigenvalue weighted by Gasteiger charge is 2.14.